The second kappa shape index (κ2) is 6.98. The van der Waals surface area contributed by atoms with Gasteiger partial charge in [0.2, 0.25) is 15.9 Å². The Morgan fingerprint density at radius 3 is 2.60 bits per heavy atom. The number of hydrogen-bond donors (Lipinski definition) is 1. The van der Waals surface area contributed by atoms with E-state index in [4.69, 9.17) is 0 Å². The van der Waals surface area contributed by atoms with Gasteiger partial charge < -0.3 is 4.90 Å². The first-order valence-corrected chi connectivity index (χ1v) is 9.83. The maximum atomic E-state index is 12.5. The molecule has 1 aliphatic rings. The maximum Gasteiger partial charge on any atom is 0.240 e. The van der Waals surface area contributed by atoms with Gasteiger partial charge in [-0.2, -0.15) is 0 Å². The van der Waals surface area contributed by atoms with Gasteiger partial charge in [-0.15, -0.1) is 0 Å². The van der Waals surface area contributed by atoms with Crippen LogP contribution in [0.25, 0.3) is 0 Å². The number of sulfonamides is 1. The molecule has 1 aliphatic heterocycles. The van der Waals surface area contributed by atoms with E-state index in [-0.39, 0.29) is 16.8 Å². The Labute approximate surface area is 148 Å². The molecule has 0 saturated heterocycles. The lowest BCUT2D eigenvalue weighted by Gasteiger charge is -2.20. The molecule has 1 heterocycles. The minimum Gasteiger partial charge on any atom is -0.309 e. The largest absolute Gasteiger partial charge is 0.309 e. The van der Waals surface area contributed by atoms with E-state index in [0.717, 1.165) is 16.8 Å². The van der Waals surface area contributed by atoms with E-state index >= 15 is 0 Å². The molecule has 3 rings (SSSR count). The Balaban J connectivity index is 1.73. The highest BCUT2D eigenvalue weighted by atomic mass is 32.2. The lowest BCUT2D eigenvalue weighted by molar-refractivity contribution is -0.116. The summed E-state index contributed by atoms with van der Waals surface area (Å²) in [6, 6.07) is 14.8. The maximum absolute atomic E-state index is 12.5. The summed E-state index contributed by atoms with van der Waals surface area (Å²) in [5, 5.41) is 0. The van der Waals surface area contributed by atoms with Crippen LogP contribution in [0.5, 0.6) is 0 Å². The van der Waals surface area contributed by atoms with Crippen molar-refractivity contribution < 1.29 is 13.2 Å². The van der Waals surface area contributed by atoms with Gasteiger partial charge in [0.05, 0.1) is 4.90 Å². The van der Waals surface area contributed by atoms with Crippen molar-refractivity contribution in [3.8, 4) is 0 Å². The number of nitrogens with one attached hydrogen (secondary N) is 1. The summed E-state index contributed by atoms with van der Waals surface area (Å²) in [6.07, 6.45) is 1.31. The van der Waals surface area contributed by atoms with Crippen LogP contribution in [-0.2, 0) is 27.7 Å². The molecule has 0 fully saturated rings. The number of nitrogens with zero attached hydrogens (tertiary/aromatic N) is 1. The zero-order valence-electron chi connectivity index (χ0n) is 14.4. The first kappa shape index (κ1) is 17.6. The third-order valence-electron chi connectivity index (χ3n) is 4.46. The quantitative estimate of drug-likeness (QED) is 0.893. The van der Waals surface area contributed by atoms with Gasteiger partial charge >= 0.3 is 0 Å². The van der Waals surface area contributed by atoms with Crippen LogP contribution in [0.15, 0.2) is 53.4 Å². The highest BCUT2D eigenvalue weighted by molar-refractivity contribution is 7.89. The second-order valence-electron chi connectivity index (χ2n) is 6.37. The molecule has 0 aliphatic carbocycles. The van der Waals surface area contributed by atoms with Crippen molar-refractivity contribution in [1.82, 2.24) is 4.72 Å². The first-order valence-electron chi connectivity index (χ1n) is 8.35. The standard InChI is InChI=1S/C19H22N2O3S/c1-14-12-17-13-18(8-9-19(17)21(14)15(2)22)25(23,24)20-11-10-16-6-4-3-5-7-16/h3-9,13-14,20H,10-12H2,1-2H3/t14-/m1/s1. The molecular formula is C19H22N2O3S. The number of carbonyl (C=O) groups excluding carboxylic acids is 1. The summed E-state index contributed by atoms with van der Waals surface area (Å²) in [5.74, 6) is -0.0251. The van der Waals surface area contributed by atoms with Crippen molar-refractivity contribution in [2.24, 2.45) is 0 Å². The van der Waals surface area contributed by atoms with E-state index in [1.54, 1.807) is 23.1 Å². The van der Waals surface area contributed by atoms with E-state index < -0.39 is 10.0 Å². The molecule has 1 amide bonds. The lowest BCUT2D eigenvalue weighted by Crippen LogP contribution is -2.33. The average Bonchev–Trinajstić information content (AvgIpc) is 2.90. The predicted octanol–water partition coefficient (Wildman–Crippen LogP) is 2.51. The molecular weight excluding hydrogens is 336 g/mol. The second-order valence-corrected chi connectivity index (χ2v) is 8.13. The minimum atomic E-state index is -3.56. The molecule has 0 saturated carbocycles. The number of hydrogen-bond acceptors (Lipinski definition) is 3. The number of benzene rings is 2. The molecule has 25 heavy (non-hydrogen) atoms. The summed E-state index contributed by atoms with van der Waals surface area (Å²) in [5.41, 5.74) is 2.79. The molecule has 0 spiro atoms. The Kier molecular flexibility index (Phi) is 4.92. The summed E-state index contributed by atoms with van der Waals surface area (Å²) in [7, 11) is -3.56. The molecule has 0 radical (unpaired) electrons. The van der Waals surface area contributed by atoms with E-state index in [1.165, 1.54) is 6.92 Å². The van der Waals surface area contributed by atoms with Gasteiger partial charge in [-0.3, -0.25) is 4.79 Å². The van der Waals surface area contributed by atoms with Gasteiger partial charge in [0, 0.05) is 25.2 Å². The Hall–Kier alpha value is -2.18. The van der Waals surface area contributed by atoms with E-state index in [0.29, 0.717) is 19.4 Å². The fourth-order valence-electron chi connectivity index (χ4n) is 3.31. The van der Waals surface area contributed by atoms with Gasteiger partial charge in [0.25, 0.3) is 0 Å². The van der Waals surface area contributed by atoms with Crippen LogP contribution in [0.2, 0.25) is 0 Å². The monoisotopic (exact) mass is 358 g/mol. The summed E-state index contributed by atoms with van der Waals surface area (Å²) >= 11 is 0. The van der Waals surface area contributed by atoms with Crippen molar-refractivity contribution in [3.05, 3.63) is 59.7 Å². The molecule has 6 heteroatoms. The Morgan fingerprint density at radius 2 is 1.92 bits per heavy atom. The van der Waals surface area contributed by atoms with Gasteiger partial charge in [-0.25, -0.2) is 13.1 Å². The van der Waals surface area contributed by atoms with E-state index in [9.17, 15) is 13.2 Å². The molecule has 132 valence electrons. The highest BCUT2D eigenvalue weighted by Crippen LogP contribution is 2.33. The zero-order chi connectivity index (χ0) is 18.0. The molecule has 2 aromatic carbocycles. The lowest BCUT2D eigenvalue weighted by atomic mass is 10.1. The fraction of sp³-hybridized carbons (Fsp3) is 0.316. The smallest absolute Gasteiger partial charge is 0.240 e. The van der Waals surface area contributed by atoms with Crippen molar-refractivity contribution in [1.29, 1.82) is 0 Å². The van der Waals surface area contributed by atoms with Crippen molar-refractivity contribution in [2.75, 3.05) is 11.4 Å². The highest BCUT2D eigenvalue weighted by Gasteiger charge is 2.30. The third kappa shape index (κ3) is 3.75. The normalized spacial score (nSPS) is 16.7. The predicted molar refractivity (Wildman–Crippen MR) is 98.1 cm³/mol. The zero-order valence-corrected chi connectivity index (χ0v) is 15.2. The summed E-state index contributed by atoms with van der Waals surface area (Å²) in [4.78, 5) is 13.7. The molecule has 0 bridgehead atoms. The van der Waals surface area contributed by atoms with E-state index in [1.807, 2.05) is 37.3 Å². The van der Waals surface area contributed by atoms with Crippen LogP contribution in [0, 0.1) is 0 Å². The number of rotatable bonds is 5. The van der Waals surface area contributed by atoms with Crippen LogP contribution in [-0.4, -0.2) is 26.9 Å². The molecule has 1 N–H and O–H groups in total. The Bertz CT molecular complexity index is 879. The van der Waals surface area contributed by atoms with Crippen LogP contribution < -0.4 is 9.62 Å². The van der Waals surface area contributed by atoms with Crippen LogP contribution >= 0.6 is 0 Å². The first-order chi connectivity index (χ1) is 11.9. The van der Waals surface area contributed by atoms with Gasteiger partial charge in [-0.05, 0) is 49.1 Å². The molecule has 0 aromatic heterocycles. The number of carbonyl (C=O) groups is 1. The summed E-state index contributed by atoms with van der Waals surface area (Å²) < 4.78 is 27.7. The molecule has 0 unspecified atom stereocenters. The van der Waals surface area contributed by atoms with Crippen LogP contribution in [0.1, 0.15) is 25.0 Å². The van der Waals surface area contributed by atoms with Gasteiger partial charge in [0.1, 0.15) is 0 Å². The van der Waals surface area contributed by atoms with Crippen LogP contribution in [0.4, 0.5) is 5.69 Å². The van der Waals surface area contributed by atoms with Crippen molar-refractivity contribution in [2.45, 2.75) is 37.6 Å². The van der Waals surface area contributed by atoms with Gasteiger partial charge in [-0.1, -0.05) is 30.3 Å². The molecule has 1 atom stereocenters. The van der Waals surface area contributed by atoms with E-state index in [2.05, 4.69) is 4.72 Å². The number of anilines is 1. The van der Waals surface area contributed by atoms with Crippen LogP contribution in [0.3, 0.4) is 0 Å². The fourth-order valence-corrected chi connectivity index (χ4v) is 4.39. The number of fused-ring (bicyclic) bond motifs is 1. The average molecular weight is 358 g/mol. The topological polar surface area (TPSA) is 66.5 Å². The van der Waals surface area contributed by atoms with Crippen molar-refractivity contribution >= 4 is 21.6 Å². The number of amides is 1. The van der Waals surface area contributed by atoms with Crippen molar-refractivity contribution in [3.63, 3.8) is 0 Å². The third-order valence-corrected chi connectivity index (χ3v) is 5.92. The van der Waals surface area contributed by atoms with Gasteiger partial charge in [0.15, 0.2) is 0 Å². The minimum absolute atomic E-state index is 0.0251. The Morgan fingerprint density at radius 1 is 1.20 bits per heavy atom. The molecule has 5 nitrogen and oxygen atoms in total. The SMILES string of the molecule is CC(=O)N1c2ccc(S(=O)(=O)NCCc3ccccc3)cc2C[C@H]1C. The summed E-state index contributed by atoms with van der Waals surface area (Å²) in [6.45, 7) is 3.84. The molecule has 2 aromatic rings.